The van der Waals surface area contributed by atoms with Gasteiger partial charge in [0, 0.05) is 5.57 Å². The average Bonchev–Trinajstić information content (AvgIpc) is 2.44. The van der Waals surface area contributed by atoms with Gasteiger partial charge in [0.25, 0.3) is 0 Å². The number of hydrogen-bond donors (Lipinski definition) is 0. The summed E-state index contributed by atoms with van der Waals surface area (Å²) in [6.45, 7) is 9.23. The maximum Gasteiger partial charge on any atom is 0.415 e. The van der Waals surface area contributed by atoms with Crippen LogP contribution < -0.4 is 0 Å². The zero-order chi connectivity index (χ0) is 16.6. The normalized spacial score (nSPS) is 13.3. The van der Waals surface area contributed by atoms with E-state index < -0.39 is 17.6 Å². The number of halogens is 4. The zero-order valence-electron chi connectivity index (χ0n) is 13.2. The van der Waals surface area contributed by atoms with Gasteiger partial charge in [0.15, 0.2) is 0 Å². The van der Waals surface area contributed by atoms with Crippen LogP contribution >= 0.6 is 0 Å². The molecule has 1 unspecified atom stereocenters. The van der Waals surface area contributed by atoms with Gasteiger partial charge < -0.3 is 0 Å². The molecule has 0 fully saturated rings. The molecule has 0 saturated heterocycles. The maximum atomic E-state index is 13.3. The predicted molar refractivity (Wildman–Crippen MR) is 82.1 cm³/mol. The Kier molecular flexibility index (Phi) is 8.37. The van der Waals surface area contributed by atoms with Gasteiger partial charge in [-0.05, 0) is 35.6 Å². The molecule has 0 aliphatic heterocycles. The molecule has 117 valence electrons. The summed E-state index contributed by atoms with van der Waals surface area (Å²) in [7, 11) is 1.31. The highest BCUT2D eigenvalue weighted by atomic mass is 19.4. The number of benzene rings is 1. The largest absolute Gasteiger partial charge is 0.415 e. The summed E-state index contributed by atoms with van der Waals surface area (Å²) in [6.07, 6.45) is -3.80. The van der Waals surface area contributed by atoms with Crippen LogP contribution in [-0.2, 0) is 0 Å². The minimum Gasteiger partial charge on any atom is -0.207 e. The van der Waals surface area contributed by atoms with E-state index in [0.717, 1.165) is 12.0 Å². The fourth-order valence-corrected chi connectivity index (χ4v) is 1.92. The summed E-state index contributed by atoms with van der Waals surface area (Å²) in [5, 5.41) is 0. The van der Waals surface area contributed by atoms with Gasteiger partial charge in [-0.2, -0.15) is 13.2 Å². The molecule has 1 aromatic rings. The van der Waals surface area contributed by atoms with E-state index in [0.29, 0.717) is 12.0 Å². The first kappa shape index (κ1) is 19.7. The van der Waals surface area contributed by atoms with Gasteiger partial charge in [0.1, 0.15) is 13.1 Å². The van der Waals surface area contributed by atoms with Gasteiger partial charge in [0.05, 0.1) is 0 Å². The van der Waals surface area contributed by atoms with Crippen LogP contribution in [0, 0.1) is 5.82 Å². The number of rotatable bonds is 4. The Hall–Kier alpha value is -1.26. The van der Waals surface area contributed by atoms with Crippen molar-refractivity contribution in [3.05, 3.63) is 41.1 Å². The third-order valence-electron chi connectivity index (χ3n) is 3.09. The van der Waals surface area contributed by atoms with Gasteiger partial charge in [-0.25, -0.2) is 4.39 Å². The van der Waals surface area contributed by atoms with Crippen LogP contribution in [0.15, 0.2) is 24.2 Å². The van der Waals surface area contributed by atoms with Gasteiger partial charge in [-0.1, -0.05) is 40.6 Å². The first-order chi connectivity index (χ1) is 9.81. The van der Waals surface area contributed by atoms with Crippen LogP contribution in [0.2, 0.25) is 6.82 Å². The van der Waals surface area contributed by atoms with E-state index >= 15 is 0 Å². The van der Waals surface area contributed by atoms with E-state index in [-0.39, 0.29) is 11.5 Å². The van der Waals surface area contributed by atoms with Crippen LogP contribution in [0.4, 0.5) is 17.6 Å². The van der Waals surface area contributed by atoms with Crippen molar-refractivity contribution in [2.24, 2.45) is 0 Å². The second kappa shape index (κ2) is 8.91. The zero-order valence-corrected chi connectivity index (χ0v) is 13.2. The molecule has 0 spiro atoms. The predicted octanol–water partition coefficient (Wildman–Crippen LogP) is 6.02. The highest BCUT2D eigenvalue weighted by Gasteiger charge is 2.35. The molecule has 0 saturated carbocycles. The van der Waals surface area contributed by atoms with Crippen LogP contribution in [0.5, 0.6) is 0 Å². The molecule has 0 aromatic heterocycles. The van der Waals surface area contributed by atoms with Crippen LogP contribution in [-0.4, -0.2) is 13.5 Å². The minimum absolute atomic E-state index is 0.0572. The van der Waals surface area contributed by atoms with Crippen molar-refractivity contribution >= 4 is 12.9 Å². The lowest BCUT2D eigenvalue weighted by atomic mass is 9.77. The SMILES string of the molecule is CC.C[B]/C=C(\c1cc(F)ccc1C(C)CC)C(F)(F)F. The lowest BCUT2D eigenvalue weighted by molar-refractivity contribution is -0.0688. The number of alkyl halides is 3. The quantitative estimate of drug-likeness (QED) is 0.471. The van der Waals surface area contributed by atoms with E-state index in [9.17, 15) is 17.6 Å². The van der Waals surface area contributed by atoms with E-state index in [2.05, 4.69) is 0 Å². The van der Waals surface area contributed by atoms with Crippen LogP contribution in [0.1, 0.15) is 51.2 Å². The lowest BCUT2D eigenvalue weighted by Gasteiger charge is -2.19. The van der Waals surface area contributed by atoms with Crippen molar-refractivity contribution in [2.75, 3.05) is 0 Å². The Morgan fingerprint density at radius 2 is 1.86 bits per heavy atom. The van der Waals surface area contributed by atoms with Crippen LogP contribution in [0.3, 0.4) is 0 Å². The molecule has 0 nitrogen and oxygen atoms in total. The molecule has 1 atom stereocenters. The summed E-state index contributed by atoms with van der Waals surface area (Å²) >= 11 is 0. The van der Waals surface area contributed by atoms with E-state index in [1.807, 2.05) is 27.7 Å². The molecular weight excluding hydrogens is 279 g/mol. The molecule has 0 heterocycles. The first-order valence-electron chi connectivity index (χ1n) is 7.17. The number of allylic oxidation sites excluding steroid dienone is 1. The van der Waals surface area contributed by atoms with Gasteiger partial charge in [-0.3, -0.25) is 0 Å². The van der Waals surface area contributed by atoms with Crippen molar-refractivity contribution in [1.29, 1.82) is 0 Å². The monoisotopic (exact) mass is 301 g/mol. The fraction of sp³-hybridized carbons (Fsp3) is 0.500. The molecule has 1 radical (unpaired) electrons. The smallest absolute Gasteiger partial charge is 0.207 e. The van der Waals surface area contributed by atoms with Crippen LogP contribution in [0.25, 0.3) is 5.57 Å². The summed E-state index contributed by atoms with van der Waals surface area (Å²) < 4.78 is 52.5. The Balaban J connectivity index is 0.00000191. The Labute approximate surface area is 125 Å². The second-order valence-electron chi connectivity index (χ2n) is 4.45. The van der Waals surface area contributed by atoms with Gasteiger partial charge in [0.2, 0.25) is 0 Å². The second-order valence-corrected chi connectivity index (χ2v) is 4.45. The topological polar surface area (TPSA) is 0 Å². The summed E-state index contributed by atoms with van der Waals surface area (Å²) in [5.74, 6) is 0.271. The lowest BCUT2D eigenvalue weighted by Crippen LogP contribution is -2.14. The van der Waals surface area contributed by atoms with Gasteiger partial charge >= 0.3 is 6.18 Å². The molecule has 0 N–H and O–H groups in total. The van der Waals surface area contributed by atoms with Crippen molar-refractivity contribution in [3.63, 3.8) is 0 Å². The summed E-state index contributed by atoms with van der Waals surface area (Å²) in [4.78, 5) is 0. The Morgan fingerprint density at radius 1 is 1.29 bits per heavy atom. The highest BCUT2D eigenvalue weighted by Crippen LogP contribution is 2.38. The van der Waals surface area contributed by atoms with Crippen molar-refractivity contribution < 1.29 is 17.6 Å². The molecule has 0 amide bonds. The summed E-state index contributed by atoms with van der Waals surface area (Å²) in [6, 6.07) is 3.60. The molecule has 21 heavy (non-hydrogen) atoms. The highest BCUT2D eigenvalue weighted by molar-refractivity contribution is 6.42. The third kappa shape index (κ3) is 5.56. The Bertz CT molecular complexity index is 464. The van der Waals surface area contributed by atoms with Gasteiger partial charge in [-0.15, -0.1) is 5.98 Å². The molecule has 1 rings (SSSR count). The van der Waals surface area contributed by atoms with E-state index in [4.69, 9.17) is 0 Å². The summed E-state index contributed by atoms with van der Waals surface area (Å²) in [5.41, 5.74) is -0.348. The van der Waals surface area contributed by atoms with Crippen molar-refractivity contribution in [3.8, 4) is 0 Å². The third-order valence-corrected chi connectivity index (χ3v) is 3.09. The molecule has 1 aromatic carbocycles. The van der Waals surface area contributed by atoms with E-state index in [1.165, 1.54) is 26.2 Å². The maximum absolute atomic E-state index is 13.3. The van der Waals surface area contributed by atoms with Crippen molar-refractivity contribution in [1.82, 2.24) is 0 Å². The molecular formula is C16H22BF4. The number of hydrogen-bond acceptors (Lipinski definition) is 0. The Morgan fingerprint density at radius 3 is 2.29 bits per heavy atom. The average molecular weight is 301 g/mol. The standard InChI is InChI=1S/C14H16BF4.C2H6/c1-4-9(2)11-6-5-10(16)7-12(11)13(8-15-3)14(17,18)19;1-2/h5-9H,4H2,1-3H3;1-2H3/b13-8+;. The van der Waals surface area contributed by atoms with E-state index in [1.54, 1.807) is 0 Å². The molecule has 0 aliphatic rings. The minimum atomic E-state index is -4.50. The first-order valence-corrected chi connectivity index (χ1v) is 7.17. The fourth-order valence-electron chi connectivity index (χ4n) is 1.92. The molecule has 0 bridgehead atoms. The molecule has 5 heteroatoms. The van der Waals surface area contributed by atoms with Crippen molar-refractivity contribution in [2.45, 2.75) is 53.0 Å². The molecule has 0 aliphatic carbocycles.